The van der Waals surface area contributed by atoms with Crippen molar-refractivity contribution in [2.75, 3.05) is 19.7 Å². The van der Waals surface area contributed by atoms with Crippen LogP contribution in [0, 0.1) is 12.3 Å². The second-order valence-electron chi connectivity index (χ2n) is 6.90. The molecule has 0 spiro atoms. The SMILES string of the molecule is Cc1ccccc1CC1(CO)CCCN(Cc2ccccn2)C1. The summed E-state index contributed by atoms with van der Waals surface area (Å²) < 4.78 is 0. The minimum atomic E-state index is -0.0286. The van der Waals surface area contributed by atoms with Crippen LogP contribution in [0.15, 0.2) is 48.7 Å². The molecule has 2 heterocycles. The first-order valence-electron chi connectivity index (χ1n) is 8.48. The third-order valence-corrected chi connectivity index (χ3v) is 5.01. The highest BCUT2D eigenvalue weighted by molar-refractivity contribution is 5.27. The number of pyridine rings is 1. The van der Waals surface area contributed by atoms with Crippen LogP contribution in [0.1, 0.15) is 29.7 Å². The van der Waals surface area contributed by atoms with Crippen LogP contribution >= 0.6 is 0 Å². The van der Waals surface area contributed by atoms with Crippen molar-refractivity contribution in [2.24, 2.45) is 5.41 Å². The van der Waals surface area contributed by atoms with Crippen LogP contribution in [0.5, 0.6) is 0 Å². The van der Waals surface area contributed by atoms with Gasteiger partial charge in [-0.25, -0.2) is 0 Å². The molecule has 0 radical (unpaired) electrons. The molecule has 1 aliphatic rings. The minimum absolute atomic E-state index is 0.0286. The predicted octanol–water partition coefficient (Wildman–Crippen LogP) is 3.21. The van der Waals surface area contributed by atoms with Crippen LogP contribution in [-0.2, 0) is 13.0 Å². The van der Waals surface area contributed by atoms with Gasteiger partial charge in [0, 0.05) is 24.7 Å². The monoisotopic (exact) mass is 310 g/mol. The van der Waals surface area contributed by atoms with Gasteiger partial charge >= 0.3 is 0 Å². The molecular weight excluding hydrogens is 284 g/mol. The summed E-state index contributed by atoms with van der Waals surface area (Å²) in [5.74, 6) is 0. The molecule has 3 nitrogen and oxygen atoms in total. The van der Waals surface area contributed by atoms with E-state index in [9.17, 15) is 5.11 Å². The molecule has 0 aliphatic carbocycles. The summed E-state index contributed by atoms with van der Waals surface area (Å²) in [7, 11) is 0. The lowest BCUT2D eigenvalue weighted by Crippen LogP contribution is -2.46. The van der Waals surface area contributed by atoms with Crippen LogP contribution in [0.25, 0.3) is 0 Å². The van der Waals surface area contributed by atoms with Gasteiger partial charge in [0.25, 0.3) is 0 Å². The molecule has 1 N–H and O–H groups in total. The van der Waals surface area contributed by atoms with Gasteiger partial charge in [-0.2, -0.15) is 0 Å². The van der Waals surface area contributed by atoms with E-state index in [2.05, 4.69) is 47.1 Å². The van der Waals surface area contributed by atoms with Crippen molar-refractivity contribution in [1.29, 1.82) is 0 Å². The summed E-state index contributed by atoms with van der Waals surface area (Å²) in [6.07, 6.45) is 5.04. The van der Waals surface area contributed by atoms with Crippen LogP contribution < -0.4 is 0 Å². The van der Waals surface area contributed by atoms with E-state index in [0.29, 0.717) is 0 Å². The number of likely N-dealkylation sites (tertiary alicyclic amines) is 1. The lowest BCUT2D eigenvalue weighted by molar-refractivity contribution is 0.0282. The molecule has 0 saturated carbocycles. The maximum Gasteiger partial charge on any atom is 0.0543 e. The van der Waals surface area contributed by atoms with Crippen molar-refractivity contribution in [3.8, 4) is 0 Å². The molecule has 1 atom stereocenters. The van der Waals surface area contributed by atoms with Crippen molar-refractivity contribution >= 4 is 0 Å². The Balaban J connectivity index is 1.72. The fourth-order valence-electron chi connectivity index (χ4n) is 3.71. The van der Waals surface area contributed by atoms with Gasteiger partial charge in [-0.05, 0) is 56.0 Å². The number of nitrogens with zero attached hydrogens (tertiary/aromatic N) is 2. The Labute approximate surface area is 139 Å². The van der Waals surface area contributed by atoms with Crippen molar-refractivity contribution < 1.29 is 5.11 Å². The summed E-state index contributed by atoms with van der Waals surface area (Å²) >= 11 is 0. The summed E-state index contributed by atoms with van der Waals surface area (Å²) in [6.45, 7) is 5.31. The normalized spacial score (nSPS) is 22.2. The minimum Gasteiger partial charge on any atom is -0.396 e. The van der Waals surface area contributed by atoms with E-state index >= 15 is 0 Å². The first-order valence-corrected chi connectivity index (χ1v) is 8.48. The Hall–Kier alpha value is -1.71. The maximum absolute atomic E-state index is 10.1. The molecule has 1 aromatic heterocycles. The van der Waals surface area contributed by atoms with Crippen molar-refractivity contribution in [3.63, 3.8) is 0 Å². The largest absolute Gasteiger partial charge is 0.396 e. The molecule has 122 valence electrons. The molecule has 1 unspecified atom stereocenters. The summed E-state index contributed by atoms with van der Waals surface area (Å²) in [5.41, 5.74) is 3.76. The second kappa shape index (κ2) is 7.24. The third kappa shape index (κ3) is 3.98. The van der Waals surface area contributed by atoms with Crippen LogP contribution in [0.2, 0.25) is 0 Å². The quantitative estimate of drug-likeness (QED) is 0.921. The second-order valence-corrected chi connectivity index (χ2v) is 6.90. The smallest absolute Gasteiger partial charge is 0.0543 e. The molecule has 0 amide bonds. The van der Waals surface area contributed by atoms with Crippen LogP contribution in [-0.4, -0.2) is 34.7 Å². The Morgan fingerprint density at radius 3 is 2.74 bits per heavy atom. The Bertz CT molecular complexity index is 629. The van der Waals surface area contributed by atoms with E-state index in [1.807, 2.05) is 18.3 Å². The molecule has 0 bridgehead atoms. The van der Waals surface area contributed by atoms with E-state index < -0.39 is 0 Å². The van der Waals surface area contributed by atoms with E-state index in [0.717, 1.165) is 44.6 Å². The highest BCUT2D eigenvalue weighted by Crippen LogP contribution is 2.34. The van der Waals surface area contributed by atoms with E-state index in [1.54, 1.807) is 0 Å². The lowest BCUT2D eigenvalue weighted by atomic mass is 9.75. The van der Waals surface area contributed by atoms with Crippen molar-refractivity contribution in [3.05, 3.63) is 65.5 Å². The van der Waals surface area contributed by atoms with Crippen LogP contribution in [0.3, 0.4) is 0 Å². The maximum atomic E-state index is 10.1. The average Bonchev–Trinajstić information content (AvgIpc) is 2.58. The zero-order valence-electron chi connectivity index (χ0n) is 13.9. The molecule has 1 aromatic carbocycles. The highest BCUT2D eigenvalue weighted by atomic mass is 16.3. The molecular formula is C20H26N2O. The highest BCUT2D eigenvalue weighted by Gasteiger charge is 2.35. The van der Waals surface area contributed by atoms with E-state index in [4.69, 9.17) is 0 Å². The first-order chi connectivity index (χ1) is 11.2. The third-order valence-electron chi connectivity index (χ3n) is 5.01. The zero-order valence-corrected chi connectivity index (χ0v) is 13.9. The molecule has 2 aromatic rings. The van der Waals surface area contributed by atoms with Crippen molar-refractivity contribution in [1.82, 2.24) is 9.88 Å². The van der Waals surface area contributed by atoms with Gasteiger partial charge in [-0.15, -0.1) is 0 Å². The standard InChI is InChI=1S/C20H26N2O/c1-17-7-2-3-8-18(17)13-20(16-23)10-6-12-22(15-20)14-19-9-4-5-11-21-19/h2-5,7-9,11,23H,6,10,12-16H2,1H3. The molecule has 1 aliphatic heterocycles. The molecule has 1 fully saturated rings. The van der Waals surface area contributed by atoms with Crippen LogP contribution in [0.4, 0.5) is 0 Å². The van der Waals surface area contributed by atoms with Gasteiger partial charge in [-0.3, -0.25) is 9.88 Å². The average molecular weight is 310 g/mol. The van der Waals surface area contributed by atoms with Gasteiger partial charge in [0.2, 0.25) is 0 Å². The first kappa shape index (κ1) is 16.2. The van der Waals surface area contributed by atoms with E-state index in [-0.39, 0.29) is 12.0 Å². The topological polar surface area (TPSA) is 36.4 Å². The predicted molar refractivity (Wildman–Crippen MR) is 93.1 cm³/mol. The summed E-state index contributed by atoms with van der Waals surface area (Å²) in [5, 5.41) is 10.1. The van der Waals surface area contributed by atoms with Crippen molar-refractivity contribution in [2.45, 2.75) is 32.7 Å². The zero-order chi connectivity index (χ0) is 16.1. The Morgan fingerprint density at radius 1 is 1.17 bits per heavy atom. The fraction of sp³-hybridized carbons (Fsp3) is 0.450. The number of hydrogen-bond acceptors (Lipinski definition) is 3. The summed E-state index contributed by atoms with van der Waals surface area (Å²) in [4.78, 5) is 6.89. The van der Waals surface area contributed by atoms with Gasteiger partial charge in [0.05, 0.1) is 12.3 Å². The molecule has 3 rings (SSSR count). The number of aliphatic hydroxyl groups is 1. The number of benzene rings is 1. The Morgan fingerprint density at radius 2 is 2.00 bits per heavy atom. The molecule has 3 heteroatoms. The number of piperidine rings is 1. The molecule has 23 heavy (non-hydrogen) atoms. The summed E-state index contributed by atoms with van der Waals surface area (Å²) in [6, 6.07) is 14.6. The number of hydrogen-bond donors (Lipinski definition) is 1. The number of aryl methyl sites for hydroxylation is 1. The van der Waals surface area contributed by atoms with Gasteiger partial charge in [0.15, 0.2) is 0 Å². The lowest BCUT2D eigenvalue weighted by Gasteiger charge is -2.42. The Kier molecular flexibility index (Phi) is 5.09. The fourth-order valence-corrected chi connectivity index (χ4v) is 3.71. The van der Waals surface area contributed by atoms with E-state index in [1.165, 1.54) is 11.1 Å². The number of aliphatic hydroxyl groups excluding tert-OH is 1. The van der Waals surface area contributed by atoms with Gasteiger partial charge in [-0.1, -0.05) is 30.3 Å². The number of aromatic nitrogens is 1. The molecule has 1 saturated heterocycles. The van der Waals surface area contributed by atoms with Gasteiger partial charge in [0.1, 0.15) is 0 Å². The van der Waals surface area contributed by atoms with Gasteiger partial charge < -0.3 is 5.11 Å². The number of rotatable bonds is 5.